The van der Waals surface area contributed by atoms with Gasteiger partial charge in [-0.05, 0) is 95.0 Å². The van der Waals surface area contributed by atoms with Crippen molar-refractivity contribution in [1.82, 2.24) is 15.5 Å². The van der Waals surface area contributed by atoms with Gasteiger partial charge in [0.05, 0.1) is 0 Å². The van der Waals surface area contributed by atoms with E-state index in [1.807, 2.05) is 30.3 Å². The van der Waals surface area contributed by atoms with Crippen molar-refractivity contribution in [3.63, 3.8) is 0 Å². The van der Waals surface area contributed by atoms with Gasteiger partial charge in [-0.3, -0.25) is 4.79 Å². The van der Waals surface area contributed by atoms with Gasteiger partial charge in [-0.25, -0.2) is 14.4 Å². The number of ether oxygens (including phenoxy) is 3. The van der Waals surface area contributed by atoms with Gasteiger partial charge in [-0.1, -0.05) is 42.5 Å². The van der Waals surface area contributed by atoms with E-state index in [0.29, 0.717) is 17.7 Å². The first-order valence-corrected chi connectivity index (χ1v) is 15.2. The molecule has 3 aromatic carbocycles. The predicted molar refractivity (Wildman–Crippen MR) is 175 cm³/mol. The third-order valence-corrected chi connectivity index (χ3v) is 6.71. The lowest BCUT2D eigenvalue weighted by atomic mass is 10.0. The van der Waals surface area contributed by atoms with E-state index in [-0.39, 0.29) is 25.1 Å². The van der Waals surface area contributed by atoms with Crippen LogP contribution in [0.5, 0.6) is 11.5 Å². The number of carbonyl (C=O) groups is 4. The molecule has 0 saturated heterocycles. The fraction of sp³-hybridized carbons (Fsp3) is 0.429. The Morgan fingerprint density at radius 3 is 2.07 bits per heavy atom. The number of fused-ring (bicyclic) bond motifs is 1. The van der Waals surface area contributed by atoms with E-state index in [4.69, 9.17) is 14.2 Å². The molecule has 0 bridgehead atoms. The van der Waals surface area contributed by atoms with Crippen molar-refractivity contribution in [2.75, 3.05) is 13.6 Å². The lowest BCUT2D eigenvalue weighted by Crippen LogP contribution is -2.54. The highest BCUT2D eigenvalue weighted by atomic mass is 16.6. The maximum absolute atomic E-state index is 14.0. The minimum atomic E-state index is -1.11. The summed E-state index contributed by atoms with van der Waals surface area (Å²) < 4.78 is 16.5. The Hall–Kier alpha value is -4.80. The number of hydrogen-bond acceptors (Lipinski definition) is 8. The molecule has 248 valence electrons. The number of aromatic hydroxyl groups is 1. The molecule has 3 aromatic rings. The molecular formula is C35H45N3O8. The van der Waals surface area contributed by atoms with Crippen LogP contribution < -0.4 is 15.4 Å². The van der Waals surface area contributed by atoms with Crippen molar-refractivity contribution < 1.29 is 38.5 Å². The standard InChI is InChI=1S/C35H45N3O8/c1-34(2,3)45-32(42)36-20-10-13-29(31(41)44-27-19-16-24-11-8-9-12-25(24)22-27)38(7)30(40)28(37-33(43)46-35(4,5)6)21-23-14-17-26(39)18-15-23/h8-9,11-12,14-19,22,28-29,39H,10,13,20-21H2,1-7H3,(H,36,42)(H,37,43)/t28-,29-/m0/s1. The molecule has 3 amide bonds. The second-order valence-corrected chi connectivity index (χ2v) is 13.0. The highest BCUT2D eigenvalue weighted by molar-refractivity contribution is 5.91. The van der Waals surface area contributed by atoms with Gasteiger partial charge in [0.2, 0.25) is 5.91 Å². The van der Waals surface area contributed by atoms with Crippen molar-refractivity contribution in [3.05, 3.63) is 72.3 Å². The summed E-state index contributed by atoms with van der Waals surface area (Å²) in [6.07, 6.45) is -0.869. The number of esters is 1. The zero-order valence-electron chi connectivity index (χ0n) is 27.6. The number of hydrogen-bond donors (Lipinski definition) is 3. The predicted octanol–water partition coefficient (Wildman–Crippen LogP) is 5.72. The Labute approximate surface area is 270 Å². The van der Waals surface area contributed by atoms with E-state index in [9.17, 15) is 24.3 Å². The van der Waals surface area contributed by atoms with Gasteiger partial charge in [-0.15, -0.1) is 0 Å². The van der Waals surface area contributed by atoms with Gasteiger partial charge in [-0.2, -0.15) is 0 Å². The molecular weight excluding hydrogens is 590 g/mol. The topological polar surface area (TPSA) is 144 Å². The summed E-state index contributed by atoms with van der Waals surface area (Å²) in [4.78, 5) is 53.8. The highest BCUT2D eigenvalue weighted by Gasteiger charge is 2.34. The van der Waals surface area contributed by atoms with Crippen LogP contribution in [0.3, 0.4) is 0 Å². The summed E-state index contributed by atoms with van der Waals surface area (Å²) in [7, 11) is 1.47. The molecule has 0 aliphatic heterocycles. The zero-order valence-corrected chi connectivity index (χ0v) is 27.6. The first-order valence-electron chi connectivity index (χ1n) is 15.2. The molecule has 0 aliphatic carbocycles. The molecule has 0 radical (unpaired) electrons. The first-order chi connectivity index (χ1) is 21.5. The number of nitrogens with zero attached hydrogens (tertiary/aromatic N) is 1. The summed E-state index contributed by atoms with van der Waals surface area (Å²) >= 11 is 0. The number of likely N-dealkylation sites (N-methyl/N-ethyl adjacent to an activating group) is 1. The van der Waals surface area contributed by atoms with Crippen LogP contribution in [0.1, 0.15) is 59.9 Å². The van der Waals surface area contributed by atoms with E-state index < -0.39 is 47.3 Å². The van der Waals surface area contributed by atoms with Crippen LogP contribution in [0.4, 0.5) is 9.59 Å². The Bertz CT molecular complexity index is 1510. The van der Waals surface area contributed by atoms with Gasteiger partial charge in [0.1, 0.15) is 34.8 Å². The second kappa shape index (κ2) is 15.5. The summed E-state index contributed by atoms with van der Waals surface area (Å²) in [5.74, 6) is -0.863. The molecule has 0 spiro atoms. The van der Waals surface area contributed by atoms with Crippen LogP contribution in [-0.2, 0) is 25.5 Å². The zero-order chi connectivity index (χ0) is 34.1. The van der Waals surface area contributed by atoms with Gasteiger partial charge in [0, 0.05) is 20.0 Å². The van der Waals surface area contributed by atoms with Gasteiger partial charge in [0.15, 0.2) is 0 Å². The van der Waals surface area contributed by atoms with Crippen LogP contribution in [0, 0.1) is 0 Å². The van der Waals surface area contributed by atoms with Crippen molar-refractivity contribution in [3.8, 4) is 11.5 Å². The monoisotopic (exact) mass is 635 g/mol. The number of amides is 3. The fourth-order valence-corrected chi connectivity index (χ4v) is 4.60. The highest BCUT2D eigenvalue weighted by Crippen LogP contribution is 2.22. The average Bonchev–Trinajstić information content (AvgIpc) is 2.95. The number of phenols is 1. The number of benzene rings is 3. The Morgan fingerprint density at radius 1 is 0.826 bits per heavy atom. The van der Waals surface area contributed by atoms with Gasteiger partial charge >= 0.3 is 18.2 Å². The number of alkyl carbamates (subject to hydrolysis) is 2. The van der Waals surface area contributed by atoms with E-state index >= 15 is 0 Å². The summed E-state index contributed by atoms with van der Waals surface area (Å²) in [5, 5.41) is 16.9. The maximum Gasteiger partial charge on any atom is 0.408 e. The lowest BCUT2D eigenvalue weighted by molar-refractivity contribution is -0.148. The molecule has 0 aliphatic rings. The van der Waals surface area contributed by atoms with Crippen LogP contribution in [0.15, 0.2) is 66.7 Å². The third-order valence-electron chi connectivity index (χ3n) is 6.71. The molecule has 46 heavy (non-hydrogen) atoms. The minimum Gasteiger partial charge on any atom is -0.508 e. The SMILES string of the molecule is CN(C(=O)[C@H](Cc1ccc(O)cc1)NC(=O)OC(C)(C)C)[C@@H](CCCNC(=O)OC(C)(C)C)C(=O)Oc1ccc2ccccc2c1. The Morgan fingerprint density at radius 2 is 1.43 bits per heavy atom. The summed E-state index contributed by atoms with van der Waals surface area (Å²) in [6.45, 7) is 10.6. The molecule has 11 nitrogen and oxygen atoms in total. The number of nitrogens with one attached hydrogen (secondary N) is 2. The first kappa shape index (κ1) is 35.7. The molecule has 11 heteroatoms. The van der Waals surface area contributed by atoms with Crippen LogP contribution in [0.25, 0.3) is 10.8 Å². The molecule has 0 aromatic heterocycles. The molecule has 0 fully saturated rings. The smallest absolute Gasteiger partial charge is 0.408 e. The molecule has 2 atom stereocenters. The Balaban J connectivity index is 1.84. The molecule has 3 N–H and O–H groups in total. The van der Waals surface area contributed by atoms with Crippen molar-refractivity contribution >= 4 is 34.8 Å². The van der Waals surface area contributed by atoms with Gasteiger partial charge < -0.3 is 34.9 Å². The van der Waals surface area contributed by atoms with Gasteiger partial charge in [0.25, 0.3) is 0 Å². The van der Waals surface area contributed by atoms with E-state index in [1.165, 1.54) is 24.1 Å². The van der Waals surface area contributed by atoms with E-state index in [0.717, 1.165) is 10.8 Å². The van der Waals surface area contributed by atoms with Crippen LogP contribution >= 0.6 is 0 Å². The maximum atomic E-state index is 14.0. The Kier molecular flexibility index (Phi) is 12.0. The largest absolute Gasteiger partial charge is 0.508 e. The quantitative estimate of drug-likeness (QED) is 0.138. The molecule has 0 saturated carbocycles. The van der Waals surface area contributed by atoms with E-state index in [2.05, 4.69) is 10.6 Å². The third kappa shape index (κ3) is 11.6. The van der Waals surface area contributed by atoms with Crippen molar-refractivity contribution in [2.45, 2.75) is 84.1 Å². The number of phenolic OH excluding ortho intramolecular Hbond substituents is 1. The molecule has 0 unspecified atom stereocenters. The normalized spacial score (nSPS) is 12.8. The molecule has 3 rings (SSSR count). The fourth-order valence-electron chi connectivity index (χ4n) is 4.60. The van der Waals surface area contributed by atoms with Crippen molar-refractivity contribution in [2.24, 2.45) is 0 Å². The van der Waals surface area contributed by atoms with Crippen molar-refractivity contribution in [1.29, 1.82) is 0 Å². The average molecular weight is 636 g/mol. The minimum absolute atomic E-state index is 0.0559. The lowest BCUT2D eigenvalue weighted by Gasteiger charge is -2.31. The van der Waals surface area contributed by atoms with E-state index in [1.54, 1.807) is 65.8 Å². The number of rotatable bonds is 11. The summed E-state index contributed by atoms with van der Waals surface area (Å²) in [5.41, 5.74) is -0.816. The number of carbonyl (C=O) groups excluding carboxylic acids is 4. The second-order valence-electron chi connectivity index (χ2n) is 13.0. The van der Waals surface area contributed by atoms with Crippen LogP contribution in [-0.4, -0.2) is 70.9 Å². The van der Waals surface area contributed by atoms with Crippen LogP contribution in [0.2, 0.25) is 0 Å². The summed E-state index contributed by atoms with van der Waals surface area (Å²) in [6, 6.07) is 17.0. The molecule has 0 heterocycles.